The maximum atomic E-state index is 4.67. The van der Waals surface area contributed by atoms with Crippen molar-refractivity contribution in [1.82, 2.24) is 9.97 Å². The Morgan fingerprint density at radius 1 is 0.590 bits per heavy atom. The second-order valence-corrected chi connectivity index (χ2v) is 18.9. The fourth-order valence-electron chi connectivity index (χ4n) is 3.28. The normalized spacial score (nSPS) is 15.1. The van der Waals surface area contributed by atoms with Crippen molar-refractivity contribution in [3.63, 3.8) is 0 Å². The molecule has 3 rings (SSSR count). The van der Waals surface area contributed by atoms with Crippen LogP contribution in [0.1, 0.15) is 152 Å². The molecule has 222 valence electrons. The van der Waals surface area contributed by atoms with Crippen molar-refractivity contribution in [2.24, 2.45) is 15.8 Å². The molecule has 0 saturated carbocycles. The van der Waals surface area contributed by atoms with E-state index in [1.807, 2.05) is 17.5 Å². The van der Waals surface area contributed by atoms with E-state index in [1.54, 1.807) is 11.3 Å². The Morgan fingerprint density at radius 2 is 1.10 bits per heavy atom. The van der Waals surface area contributed by atoms with Crippen LogP contribution in [0.3, 0.4) is 0 Å². The van der Waals surface area contributed by atoms with Crippen LogP contribution in [0.15, 0.2) is 28.3 Å². The Balaban J connectivity index is 0.000000292. The van der Waals surface area contributed by atoms with Crippen LogP contribution in [0, 0.1) is 10.8 Å². The monoisotopic (exact) mass is 573 g/mol. The molecule has 3 heterocycles. The molecular formula is C34H59N3S2. The lowest BCUT2D eigenvalue weighted by Gasteiger charge is -2.23. The molecule has 0 amide bonds. The average Bonchev–Trinajstić information content (AvgIpc) is 3.45. The van der Waals surface area contributed by atoms with Crippen LogP contribution in [-0.4, -0.2) is 15.7 Å². The molecule has 0 spiro atoms. The van der Waals surface area contributed by atoms with Crippen LogP contribution < -0.4 is 0 Å². The van der Waals surface area contributed by atoms with Crippen molar-refractivity contribution >= 4 is 28.4 Å². The van der Waals surface area contributed by atoms with E-state index in [9.17, 15) is 0 Å². The Bertz CT molecular complexity index is 970. The van der Waals surface area contributed by atoms with Crippen LogP contribution >= 0.6 is 22.7 Å². The zero-order valence-corrected chi connectivity index (χ0v) is 30.2. The zero-order chi connectivity index (χ0) is 30.8. The standard InChI is InChI=1S/C12H21N.2C11H19NS/c1-11(2,3)9-7-10(13-8-9)12(4,5)6;1-10(2,3)8-7-13-9(12-8)11(4,5)6;1-10(2,3)8-7-12-9(13-8)11(4,5)6/h8H,7H2,1-6H3;2*7H,1-6H3. The second kappa shape index (κ2) is 12.3. The molecule has 0 saturated heterocycles. The largest absolute Gasteiger partial charge is 0.265 e. The Morgan fingerprint density at radius 3 is 1.33 bits per heavy atom. The van der Waals surface area contributed by atoms with E-state index in [0.717, 1.165) is 6.42 Å². The summed E-state index contributed by atoms with van der Waals surface area (Å²) in [4.78, 5) is 15.0. The van der Waals surface area contributed by atoms with Gasteiger partial charge in [0.1, 0.15) is 0 Å². The van der Waals surface area contributed by atoms with Crippen molar-refractivity contribution in [3.8, 4) is 0 Å². The number of aromatic nitrogens is 2. The molecule has 5 heteroatoms. The van der Waals surface area contributed by atoms with Crippen LogP contribution in [-0.2, 0) is 21.7 Å². The van der Waals surface area contributed by atoms with Gasteiger partial charge in [0, 0.05) is 56.4 Å². The molecule has 2 aromatic heterocycles. The number of aliphatic imine (C=N–C) groups is 1. The van der Waals surface area contributed by atoms with E-state index in [4.69, 9.17) is 0 Å². The van der Waals surface area contributed by atoms with Gasteiger partial charge in [0.05, 0.1) is 15.7 Å². The minimum Gasteiger partial charge on any atom is -0.265 e. The van der Waals surface area contributed by atoms with Gasteiger partial charge in [-0.2, -0.15) is 0 Å². The maximum absolute atomic E-state index is 4.67. The molecule has 0 atom stereocenters. The molecular weight excluding hydrogens is 515 g/mol. The lowest BCUT2D eigenvalue weighted by atomic mass is 9.80. The summed E-state index contributed by atoms with van der Waals surface area (Å²) in [7, 11) is 0. The van der Waals surface area contributed by atoms with Gasteiger partial charge in [0.25, 0.3) is 0 Å². The lowest BCUT2D eigenvalue weighted by Crippen LogP contribution is -2.20. The van der Waals surface area contributed by atoms with Crippen molar-refractivity contribution in [1.29, 1.82) is 0 Å². The third-order valence-corrected chi connectivity index (χ3v) is 9.48. The molecule has 0 aromatic carbocycles. The summed E-state index contributed by atoms with van der Waals surface area (Å²) in [6.07, 6.45) is 5.14. The molecule has 0 radical (unpaired) electrons. The number of hydrogen-bond acceptors (Lipinski definition) is 5. The highest BCUT2D eigenvalue weighted by molar-refractivity contribution is 7.12. The van der Waals surface area contributed by atoms with Crippen LogP contribution in [0.5, 0.6) is 0 Å². The number of thiazole rings is 2. The van der Waals surface area contributed by atoms with Gasteiger partial charge in [-0.1, -0.05) is 125 Å². The zero-order valence-electron chi connectivity index (χ0n) is 28.6. The third kappa shape index (κ3) is 11.6. The summed E-state index contributed by atoms with van der Waals surface area (Å²) < 4.78 is 0. The quantitative estimate of drug-likeness (QED) is 0.314. The first-order chi connectivity index (χ1) is 17.1. The number of nitrogens with zero attached hydrogens (tertiary/aromatic N) is 3. The van der Waals surface area contributed by atoms with Crippen LogP contribution in [0.25, 0.3) is 0 Å². The number of hydrogen-bond donors (Lipinski definition) is 0. The van der Waals surface area contributed by atoms with E-state index in [-0.39, 0.29) is 32.5 Å². The van der Waals surface area contributed by atoms with Crippen molar-refractivity contribution in [2.45, 2.75) is 153 Å². The Hall–Kier alpha value is -1.33. The summed E-state index contributed by atoms with van der Waals surface area (Å²) in [6, 6.07) is 0. The smallest absolute Gasteiger partial charge is 0.0982 e. The highest BCUT2D eigenvalue weighted by atomic mass is 32.1. The summed E-state index contributed by atoms with van der Waals surface area (Å²) in [5, 5.41) is 4.65. The van der Waals surface area contributed by atoms with Crippen molar-refractivity contribution in [3.05, 3.63) is 43.9 Å². The van der Waals surface area contributed by atoms with Gasteiger partial charge in [-0.25, -0.2) is 9.97 Å². The predicted octanol–water partition coefficient (Wildman–Crippen LogP) is 11.3. The first-order valence-corrected chi connectivity index (χ1v) is 16.0. The van der Waals surface area contributed by atoms with Gasteiger partial charge in [-0.05, 0) is 16.4 Å². The van der Waals surface area contributed by atoms with E-state index < -0.39 is 0 Å². The highest BCUT2D eigenvalue weighted by Gasteiger charge is 2.28. The van der Waals surface area contributed by atoms with Crippen molar-refractivity contribution < 1.29 is 0 Å². The molecule has 3 nitrogen and oxygen atoms in total. The molecule has 0 unspecified atom stereocenters. The van der Waals surface area contributed by atoms with Gasteiger partial charge in [-0.15, -0.1) is 22.7 Å². The highest BCUT2D eigenvalue weighted by Crippen LogP contribution is 2.36. The van der Waals surface area contributed by atoms with Gasteiger partial charge in [0.15, 0.2) is 0 Å². The molecule has 1 aliphatic heterocycles. The summed E-state index contributed by atoms with van der Waals surface area (Å²) in [5.41, 5.74) is 5.28. The van der Waals surface area contributed by atoms with Crippen molar-refractivity contribution in [2.75, 3.05) is 0 Å². The van der Waals surface area contributed by atoms with E-state index in [2.05, 4.69) is 151 Å². The number of allylic oxidation sites excluding steroid dienone is 1. The summed E-state index contributed by atoms with van der Waals surface area (Å²) in [6.45, 7) is 40.0. The lowest BCUT2D eigenvalue weighted by molar-refractivity contribution is 0.493. The first kappa shape index (κ1) is 35.7. The minimum atomic E-state index is 0.181. The van der Waals surface area contributed by atoms with Crippen LogP contribution in [0.4, 0.5) is 0 Å². The van der Waals surface area contributed by atoms with Gasteiger partial charge < -0.3 is 0 Å². The van der Waals surface area contributed by atoms with Gasteiger partial charge in [-0.3, -0.25) is 4.99 Å². The molecule has 0 N–H and O–H groups in total. The molecule has 0 aliphatic carbocycles. The fourth-order valence-corrected chi connectivity index (χ4v) is 5.44. The fraction of sp³-hybridized carbons (Fsp3) is 0.735. The molecule has 2 aromatic rings. The van der Waals surface area contributed by atoms with E-state index in [1.165, 1.54) is 31.9 Å². The predicted molar refractivity (Wildman–Crippen MR) is 178 cm³/mol. The molecule has 1 aliphatic rings. The van der Waals surface area contributed by atoms with Gasteiger partial charge in [0.2, 0.25) is 0 Å². The maximum Gasteiger partial charge on any atom is 0.0982 e. The van der Waals surface area contributed by atoms with Gasteiger partial charge >= 0.3 is 0 Å². The Labute approximate surface area is 250 Å². The van der Waals surface area contributed by atoms with E-state index in [0.29, 0.717) is 0 Å². The minimum absolute atomic E-state index is 0.181. The molecule has 0 fully saturated rings. The SMILES string of the molecule is CC(C)(C)C1=CN=C(C(C)(C)C)C1.CC(C)(C)c1cnc(C(C)(C)C)s1.CC(C)(C)c1csc(C(C)(C)C)n1. The first-order valence-electron chi connectivity index (χ1n) is 14.3. The Kier molecular flexibility index (Phi) is 11.2. The molecule has 39 heavy (non-hydrogen) atoms. The summed E-state index contributed by atoms with van der Waals surface area (Å²) >= 11 is 3.61. The third-order valence-electron chi connectivity index (χ3n) is 6.36. The van der Waals surface area contributed by atoms with Crippen LogP contribution in [0.2, 0.25) is 0 Å². The summed E-state index contributed by atoms with van der Waals surface area (Å²) in [5.74, 6) is 0. The second-order valence-electron chi connectivity index (χ2n) is 17.0. The average molecular weight is 574 g/mol. The molecule has 0 bridgehead atoms. The van der Waals surface area contributed by atoms with E-state index >= 15 is 0 Å². The number of rotatable bonds is 0. The topological polar surface area (TPSA) is 38.1 Å².